The van der Waals surface area contributed by atoms with E-state index in [0.717, 1.165) is 29.7 Å². The summed E-state index contributed by atoms with van der Waals surface area (Å²) in [5, 5.41) is 1.10. The first-order valence-electron chi connectivity index (χ1n) is 8.32. The summed E-state index contributed by atoms with van der Waals surface area (Å²) >= 11 is 7.70. The van der Waals surface area contributed by atoms with Gasteiger partial charge in [0.2, 0.25) is 0 Å². The average Bonchev–Trinajstić information content (AvgIpc) is 2.95. The molecule has 4 rings (SSSR count). The number of benzene rings is 1. The lowest BCUT2D eigenvalue weighted by molar-refractivity contribution is 0.0971. The summed E-state index contributed by atoms with van der Waals surface area (Å²) in [6, 6.07) is 6.89. The molecule has 0 saturated carbocycles. The van der Waals surface area contributed by atoms with Gasteiger partial charge in [0, 0.05) is 10.4 Å². The molecule has 2 heterocycles. The third-order valence-corrected chi connectivity index (χ3v) is 6.26. The van der Waals surface area contributed by atoms with Crippen LogP contribution in [-0.4, -0.2) is 15.3 Å². The fraction of sp³-hybridized carbons (Fsp3) is 0.316. The highest BCUT2D eigenvalue weighted by Crippen LogP contribution is 2.35. The van der Waals surface area contributed by atoms with Crippen molar-refractivity contribution in [3.8, 4) is 0 Å². The topological polar surface area (TPSA) is 52.0 Å². The Labute approximate surface area is 154 Å². The van der Waals surface area contributed by atoms with Gasteiger partial charge in [0.25, 0.3) is 5.56 Å². The minimum absolute atomic E-state index is 0.0491. The zero-order valence-corrected chi connectivity index (χ0v) is 15.4. The first kappa shape index (κ1) is 16.5. The molecule has 0 fully saturated rings. The largest absolute Gasteiger partial charge is 0.292 e. The minimum atomic E-state index is -0.188. The van der Waals surface area contributed by atoms with Crippen molar-refractivity contribution < 1.29 is 4.79 Å². The van der Waals surface area contributed by atoms with Gasteiger partial charge in [-0.1, -0.05) is 30.7 Å². The molecule has 1 aromatic carbocycles. The number of hydrogen-bond donors (Lipinski definition) is 0. The third-order valence-electron chi connectivity index (χ3n) is 4.77. The van der Waals surface area contributed by atoms with E-state index in [-0.39, 0.29) is 17.9 Å². The summed E-state index contributed by atoms with van der Waals surface area (Å²) < 4.78 is 1.40. The van der Waals surface area contributed by atoms with Crippen LogP contribution in [0.2, 0.25) is 5.02 Å². The highest BCUT2D eigenvalue weighted by atomic mass is 35.5. The van der Waals surface area contributed by atoms with Crippen LogP contribution in [0.4, 0.5) is 0 Å². The summed E-state index contributed by atoms with van der Waals surface area (Å²) in [4.78, 5) is 32.0. The SMILES string of the molecule is C[C@@H]1CCc2c(sc3ncn(CC(=O)c4ccccc4Cl)c(=O)c23)C1. The number of carbonyl (C=O) groups is 1. The van der Waals surface area contributed by atoms with Crippen molar-refractivity contribution >= 4 is 38.9 Å². The molecule has 0 spiro atoms. The molecule has 0 aliphatic heterocycles. The number of fused-ring (bicyclic) bond motifs is 3. The predicted octanol–water partition coefficient (Wildman–Crippen LogP) is 4.12. The van der Waals surface area contributed by atoms with Crippen molar-refractivity contribution in [1.82, 2.24) is 9.55 Å². The van der Waals surface area contributed by atoms with E-state index in [1.54, 1.807) is 35.6 Å². The van der Waals surface area contributed by atoms with Gasteiger partial charge >= 0.3 is 0 Å². The quantitative estimate of drug-likeness (QED) is 0.650. The second-order valence-electron chi connectivity index (χ2n) is 6.61. The second kappa shape index (κ2) is 6.39. The molecule has 3 aromatic rings. The Morgan fingerprint density at radius 2 is 2.20 bits per heavy atom. The standard InChI is InChI=1S/C19H17ClN2O2S/c1-11-6-7-13-16(8-11)25-18-17(13)19(24)22(10-21-18)9-15(23)12-4-2-3-5-14(12)20/h2-5,10-11H,6-9H2,1H3/t11-/m1/s1. The van der Waals surface area contributed by atoms with Crippen LogP contribution in [0.25, 0.3) is 10.2 Å². The zero-order valence-electron chi connectivity index (χ0n) is 13.8. The molecule has 25 heavy (non-hydrogen) atoms. The molecular formula is C19H17ClN2O2S. The first-order valence-corrected chi connectivity index (χ1v) is 9.51. The molecule has 6 heteroatoms. The van der Waals surface area contributed by atoms with E-state index in [1.165, 1.54) is 15.8 Å². The number of thiophene rings is 1. The van der Waals surface area contributed by atoms with Crippen LogP contribution in [-0.2, 0) is 19.4 Å². The molecule has 0 N–H and O–H groups in total. The summed E-state index contributed by atoms with van der Waals surface area (Å²) in [5.74, 6) is 0.455. The van der Waals surface area contributed by atoms with Crippen molar-refractivity contribution in [3.05, 3.63) is 62.0 Å². The zero-order chi connectivity index (χ0) is 17.6. The summed E-state index contributed by atoms with van der Waals surface area (Å²) in [7, 11) is 0. The van der Waals surface area contributed by atoms with E-state index < -0.39 is 0 Å². The number of hydrogen-bond acceptors (Lipinski definition) is 4. The van der Waals surface area contributed by atoms with Crippen molar-refractivity contribution in [1.29, 1.82) is 0 Å². The fourth-order valence-corrected chi connectivity index (χ4v) is 4.99. The van der Waals surface area contributed by atoms with Crippen molar-refractivity contribution in [3.63, 3.8) is 0 Å². The van der Waals surface area contributed by atoms with Gasteiger partial charge in [-0.05, 0) is 42.9 Å². The molecule has 0 amide bonds. The minimum Gasteiger partial charge on any atom is -0.292 e. The third kappa shape index (κ3) is 2.92. The number of aryl methyl sites for hydroxylation is 1. The van der Waals surface area contributed by atoms with Crippen LogP contribution in [0, 0.1) is 5.92 Å². The van der Waals surface area contributed by atoms with E-state index in [9.17, 15) is 9.59 Å². The fourth-order valence-electron chi connectivity index (χ4n) is 3.41. The molecular weight excluding hydrogens is 356 g/mol. The van der Waals surface area contributed by atoms with Crippen LogP contribution in [0.5, 0.6) is 0 Å². The molecule has 1 atom stereocenters. The molecule has 4 nitrogen and oxygen atoms in total. The maximum atomic E-state index is 12.9. The van der Waals surface area contributed by atoms with E-state index in [1.807, 2.05) is 0 Å². The van der Waals surface area contributed by atoms with E-state index >= 15 is 0 Å². The van der Waals surface area contributed by atoms with Crippen LogP contribution in [0.1, 0.15) is 34.1 Å². The Morgan fingerprint density at radius 1 is 1.40 bits per heavy atom. The summed E-state index contributed by atoms with van der Waals surface area (Å²) in [6.07, 6.45) is 4.49. The van der Waals surface area contributed by atoms with Gasteiger partial charge in [0.05, 0.1) is 23.3 Å². The van der Waals surface area contributed by atoms with E-state index in [4.69, 9.17) is 11.6 Å². The van der Waals surface area contributed by atoms with Crippen molar-refractivity contribution in [2.45, 2.75) is 32.7 Å². The van der Waals surface area contributed by atoms with Crippen LogP contribution < -0.4 is 5.56 Å². The summed E-state index contributed by atoms with van der Waals surface area (Å²) in [5.41, 5.74) is 1.44. The number of ketones is 1. The number of carbonyl (C=O) groups excluding carboxylic acids is 1. The lowest BCUT2D eigenvalue weighted by Crippen LogP contribution is -2.25. The van der Waals surface area contributed by atoms with Gasteiger partial charge in [-0.2, -0.15) is 0 Å². The Bertz CT molecular complexity index is 1040. The number of halogens is 1. The van der Waals surface area contributed by atoms with Crippen LogP contribution in [0.3, 0.4) is 0 Å². The van der Waals surface area contributed by atoms with Gasteiger partial charge in [-0.3, -0.25) is 14.2 Å². The van der Waals surface area contributed by atoms with E-state index in [2.05, 4.69) is 11.9 Å². The van der Waals surface area contributed by atoms with Gasteiger partial charge in [0.1, 0.15) is 4.83 Å². The van der Waals surface area contributed by atoms with Crippen LogP contribution >= 0.6 is 22.9 Å². The molecule has 128 valence electrons. The van der Waals surface area contributed by atoms with Gasteiger partial charge in [0.15, 0.2) is 5.78 Å². The number of nitrogens with zero attached hydrogens (tertiary/aromatic N) is 2. The molecule has 0 bridgehead atoms. The Morgan fingerprint density at radius 3 is 3.00 bits per heavy atom. The molecule has 1 aliphatic carbocycles. The van der Waals surface area contributed by atoms with Crippen molar-refractivity contribution in [2.75, 3.05) is 0 Å². The van der Waals surface area contributed by atoms with Gasteiger partial charge < -0.3 is 0 Å². The molecule has 0 saturated heterocycles. The monoisotopic (exact) mass is 372 g/mol. The first-order chi connectivity index (χ1) is 12.0. The number of Topliss-reactive ketones (excluding diaryl/α,β-unsaturated/α-hetero) is 1. The van der Waals surface area contributed by atoms with Crippen molar-refractivity contribution in [2.24, 2.45) is 5.92 Å². The average molecular weight is 373 g/mol. The Hall–Kier alpha value is -1.98. The lowest BCUT2D eigenvalue weighted by atomic mass is 9.89. The summed E-state index contributed by atoms with van der Waals surface area (Å²) in [6.45, 7) is 2.19. The smallest absolute Gasteiger partial charge is 0.262 e. The molecule has 0 unspecified atom stereocenters. The van der Waals surface area contributed by atoms with E-state index in [0.29, 0.717) is 21.9 Å². The maximum Gasteiger partial charge on any atom is 0.262 e. The molecule has 1 aliphatic rings. The van der Waals surface area contributed by atoms with Gasteiger partial charge in [-0.25, -0.2) is 4.98 Å². The Kier molecular flexibility index (Phi) is 4.21. The Balaban J connectivity index is 1.74. The lowest BCUT2D eigenvalue weighted by Gasteiger charge is -2.17. The molecule has 2 aromatic heterocycles. The second-order valence-corrected chi connectivity index (χ2v) is 8.10. The van der Waals surface area contributed by atoms with Crippen LogP contribution in [0.15, 0.2) is 35.4 Å². The highest BCUT2D eigenvalue weighted by Gasteiger charge is 2.23. The molecule has 0 radical (unpaired) electrons. The number of rotatable bonds is 3. The number of aromatic nitrogens is 2. The maximum absolute atomic E-state index is 12.9. The van der Waals surface area contributed by atoms with Gasteiger partial charge in [-0.15, -0.1) is 11.3 Å². The predicted molar refractivity (Wildman–Crippen MR) is 101 cm³/mol. The highest BCUT2D eigenvalue weighted by molar-refractivity contribution is 7.18. The normalized spacial score (nSPS) is 16.8.